The summed E-state index contributed by atoms with van der Waals surface area (Å²) in [6.07, 6.45) is 5.96. The number of amides is 5. The summed E-state index contributed by atoms with van der Waals surface area (Å²) in [5, 5.41) is 9.46. The predicted molar refractivity (Wildman–Crippen MR) is 202 cm³/mol. The van der Waals surface area contributed by atoms with Gasteiger partial charge in [-0.15, -0.1) is 0 Å². The molecule has 5 aromatic rings. The van der Waals surface area contributed by atoms with E-state index in [2.05, 4.69) is 32.4 Å². The fraction of sp³-hybridized carbons (Fsp3) is 0.317. The van der Waals surface area contributed by atoms with Crippen LogP contribution in [0.25, 0.3) is 33.3 Å². The van der Waals surface area contributed by atoms with Crippen LogP contribution in [0.15, 0.2) is 67.0 Å². The molecule has 0 bridgehead atoms. The zero-order chi connectivity index (χ0) is 38.6. The molecule has 2 aliphatic rings. The molecule has 0 spiro atoms. The van der Waals surface area contributed by atoms with Crippen molar-refractivity contribution in [1.82, 2.24) is 40.4 Å². The molecule has 5 heterocycles. The Balaban J connectivity index is 0.944. The normalized spacial score (nSPS) is 15.4. The van der Waals surface area contributed by atoms with Gasteiger partial charge in [-0.05, 0) is 60.9 Å². The minimum absolute atomic E-state index is 0.0468. The molecule has 5 amide bonds. The van der Waals surface area contributed by atoms with Gasteiger partial charge in [0.05, 0.1) is 29.2 Å². The third-order valence-corrected chi connectivity index (χ3v) is 10.2. The molecule has 1 fully saturated rings. The first-order valence-electron chi connectivity index (χ1n) is 18.5. The summed E-state index contributed by atoms with van der Waals surface area (Å²) in [4.78, 5) is 77.1. The number of aryl methyl sites for hydroxylation is 2. The molecule has 2 aromatic carbocycles. The number of carbonyl (C=O) groups is 5. The number of unbranched alkanes of at least 4 members (excludes halogenated alkanes) is 1. The number of aromatic nitrogens is 4. The van der Waals surface area contributed by atoms with Gasteiger partial charge in [-0.3, -0.25) is 39.3 Å². The standard InChI is InChI=1S/C41H41FN8O5/c1-3-35-47-38(34-23-49(24(2)51)18-19-50(34)35)28-11-7-10-26-20-33(45-22-30(26)28)27-13-14-31(44-21-27)40(54)43-17-5-4-8-25-9-6-12-29(37(25)42)39(53)46-32-15-16-36(52)48-41(32)55/h6-7,9-14,20-22,32H,3-5,8,15-19,23H2,1-2H3,(H,43,54)(H,46,53)(H,48,52,55). The highest BCUT2D eigenvalue weighted by Gasteiger charge is 2.29. The lowest BCUT2D eigenvalue weighted by atomic mass is 10.0. The molecule has 14 heteroatoms. The number of fused-ring (bicyclic) bond motifs is 2. The maximum absolute atomic E-state index is 15.2. The van der Waals surface area contributed by atoms with E-state index in [1.807, 2.05) is 41.4 Å². The molecule has 2 aliphatic heterocycles. The molecule has 282 valence electrons. The van der Waals surface area contributed by atoms with Crippen molar-refractivity contribution in [3.63, 3.8) is 0 Å². The Morgan fingerprint density at radius 1 is 0.982 bits per heavy atom. The molecule has 1 atom stereocenters. The van der Waals surface area contributed by atoms with Gasteiger partial charge >= 0.3 is 0 Å². The van der Waals surface area contributed by atoms with Gasteiger partial charge < -0.3 is 20.1 Å². The first-order valence-corrected chi connectivity index (χ1v) is 18.5. The first-order chi connectivity index (χ1) is 26.6. The number of rotatable bonds is 11. The van der Waals surface area contributed by atoms with Crippen molar-refractivity contribution in [3.05, 3.63) is 101 Å². The molecule has 0 radical (unpaired) electrons. The minimum atomic E-state index is -0.899. The van der Waals surface area contributed by atoms with Crippen molar-refractivity contribution in [2.45, 2.75) is 71.5 Å². The smallest absolute Gasteiger partial charge is 0.269 e. The van der Waals surface area contributed by atoms with Gasteiger partial charge in [0, 0.05) is 68.3 Å². The largest absolute Gasteiger partial charge is 0.351 e. The van der Waals surface area contributed by atoms with Gasteiger partial charge in [0.2, 0.25) is 17.7 Å². The van der Waals surface area contributed by atoms with Crippen molar-refractivity contribution in [3.8, 4) is 22.5 Å². The Morgan fingerprint density at radius 2 is 1.82 bits per heavy atom. The molecule has 1 unspecified atom stereocenters. The Kier molecular flexibility index (Phi) is 10.7. The van der Waals surface area contributed by atoms with E-state index in [4.69, 9.17) is 9.97 Å². The van der Waals surface area contributed by atoms with Crippen LogP contribution in [0, 0.1) is 5.82 Å². The van der Waals surface area contributed by atoms with E-state index in [9.17, 15) is 24.0 Å². The fourth-order valence-corrected chi connectivity index (χ4v) is 7.16. The number of imide groups is 1. The number of nitrogens with zero attached hydrogens (tertiary/aromatic N) is 5. The Morgan fingerprint density at radius 3 is 2.58 bits per heavy atom. The second kappa shape index (κ2) is 16.0. The topological polar surface area (TPSA) is 168 Å². The summed E-state index contributed by atoms with van der Waals surface area (Å²) in [7, 11) is 0. The van der Waals surface area contributed by atoms with Crippen LogP contribution in [0.4, 0.5) is 4.39 Å². The van der Waals surface area contributed by atoms with Gasteiger partial charge in [0.1, 0.15) is 23.4 Å². The van der Waals surface area contributed by atoms with Crippen LogP contribution in [-0.2, 0) is 40.3 Å². The van der Waals surface area contributed by atoms with Crippen molar-refractivity contribution in [1.29, 1.82) is 0 Å². The Hall–Kier alpha value is -6.31. The number of piperidine rings is 1. The van der Waals surface area contributed by atoms with Crippen LogP contribution in [0.2, 0.25) is 0 Å². The van der Waals surface area contributed by atoms with Crippen LogP contribution >= 0.6 is 0 Å². The molecular weight excluding hydrogens is 703 g/mol. The zero-order valence-electron chi connectivity index (χ0n) is 30.7. The lowest BCUT2D eigenvalue weighted by Crippen LogP contribution is -2.52. The highest BCUT2D eigenvalue weighted by molar-refractivity contribution is 6.04. The van der Waals surface area contributed by atoms with Crippen LogP contribution < -0.4 is 16.0 Å². The Bertz CT molecular complexity index is 2320. The first kappa shape index (κ1) is 37.0. The van der Waals surface area contributed by atoms with E-state index >= 15 is 4.39 Å². The lowest BCUT2D eigenvalue weighted by Gasteiger charge is -2.28. The number of hydrogen-bond acceptors (Lipinski definition) is 8. The molecule has 3 N–H and O–H groups in total. The summed E-state index contributed by atoms with van der Waals surface area (Å²) in [6.45, 7) is 5.93. The molecule has 13 nitrogen and oxygen atoms in total. The number of halogens is 1. The predicted octanol–water partition coefficient (Wildman–Crippen LogP) is 4.51. The third kappa shape index (κ3) is 7.84. The number of pyridine rings is 2. The second-order valence-corrected chi connectivity index (χ2v) is 13.8. The molecule has 0 saturated carbocycles. The van der Waals surface area contributed by atoms with Crippen LogP contribution in [0.5, 0.6) is 0 Å². The van der Waals surface area contributed by atoms with E-state index in [-0.39, 0.29) is 35.9 Å². The summed E-state index contributed by atoms with van der Waals surface area (Å²) >= 11 is 0. The van der Waals surface area contributed by atoms with Gasteiger partial charge in [0.15, 0.2) is 0 Å². The van der Waals surface area contributed by atoms with Gasteiger partial charge in [-0.25, -0.2) is 9.37 Å². The molecule has 1 saturated heterocycles. The van der Waals surface area contributed by atoms with Crippen LogP contribution in [-0.4, -0.2) is 73.1 Å². The van der Waals surface area contributed by atoms with Crippen molar-refractivity contribution in [2.75, 3.05) is 13.1 Å². The fourth-order valence-electron chi connectivity index (χ4n) is 7.16. The van der Waals surface area contributed by atoms with Crippen molar-refractivity contribution < 1.29 is 28.4 Å². The molecule has 3 aromatic heterocycles. The molecular formula is C41H41FN8O5. The summed E-state index contributed by atoms with van der Waals surface area (Å²) < 4.78 is 17.4. The highest BCUT2D eigenvalue weighted by Crippen LogP contribution is 2.34. The molecule has 0 aliphatic carbocycles. The van der Waals surface area contributed by atoms with Gasteiger partial charge in [-0.1, -0.05) is 37.3 Å². The minimum Gasteiger partial charge on any atom is -0.351 e. The van der Waals surface area contributed by atoms with Crippen LogP contribution in [0.1, 0.15) is 77.5 Å². The molecule has 55 heavy (non-hydrogen) atoms. The number of nitrogens with one attached hydrogen (secondary N) is 3. The molecule has 7 rings (SSSR count). The number of carbonyl (C=O) groups excluding carboxylic acids is 5. The maximum atomic E-state index is 15.2. The summed E-state index contributed by atoms with van der Waals surface area (Å²) in [5.74, 6) is -1.68. The lowest BCUT2D eigenvalue weighted by molar-refractivity contribution is -0.134. The maximum Gasteiger partial charge on any atom is 0.269 e. The second-order valence-electron chi connectivity index (χ2n) is 13.8. The third-order valence-electron chi connectivity index (χ3n) is 10.2. The van der Waals surface area contributed by atoms with E-state index in [0.29, 0.717) is 50.2 Å². The van der Waals surface area contributed by atoms with Gasteiger partial charge in [-0.2, -0.15) is 0 Å². The van der Waals surface area contributed by atoms with E-state index in [1.54, 1.807) is 31.3 Å². The summed E-state index contributed by atoms with van der Waals surface area (Å²) in [6, 6.07) is 15.1. The van der Waals surface area contributed by atoms with Crippen molar-refractivity contribution >= 4 is 40.3 Å². The number of imidazole rings is 1. The monoisotopic (exact) mass is 744 g/mol. The number of hydrogen-bond donors (Lipinski definition) is 3. The highest BCUT2D eigenvalue weighted by atomic mass is 19.1. The number of benzene rings is 2. The average Bonchev–Trinajstić information content (AvgIpc) is 3.56. The summed E-state index contributed by atoms with van der Waals surface area (Å²) in [5.41, 5.74) is 4.76. The van der Waals surface area contributed by atoms with E-state index < -0.39 is 29.6 Å². The van der Waals surface area contributed by atoms with Crippen molar-refractivity contribution in [2.24, 2.45) is 0 Å². The quantitative estimate of drug-likeness (QED) is 0.131. The van der Waals surface area contributed by atoms with E-state index in [1.165, 1.54) is 6.07 Å². The van der Waals surface area contributed by atoms with E-state index in [0.717, 1.165) is 52.1 Å². The van der Waals surface area contributed by atoms with Gasteiger partial charge in [0.25, 0.3) is 11.8 Å². The zero-order valence-corrected chi connectivity index (χ0v) is 30.7. The van der Waals surface area contributed by atoms with Crippen LogP contribution in [0.3, 0.4) is 0 Å². The SMILES string of the molecule is CCc1nc(-c2cccc3cc(-c4ccc(C(=O)NCCCCc5cccc(C(=O)NC6CCC(=O)NC6=O)c5F)nc4)ncc23)c2n1CCN(C(C)=O)C2. The Labute approximate surface area is 316 Å². The average molecular weight is 745 g/mol.